The van der Waals surface area contributed by atoms with Crippen molar-refractivity contribution in [1.29, 1.82) is 0 Å². The molecular weight excluding hydrogens is 337 g/mol. The molecule has 0 saturated heterocycles. The van der Waals surface area contributed by atoms with Gasteiger partial charge in [0.05, 0.1) is 5.71 Å². The Balaban J connectivity index is 1.40. The van der Waals surface area contributed by atoms with E-state index in [4.69, 9.17) is 4.84 Å². The predicted molar refractivity (Wildman–Crippen MR) is 94.2 cm³/mol. The molecule has 0 fully saturated rings. The molecule has 2 amide bonds. The van der Waals surface area contributed by atoms with Gasteiger partial charge in [-0.05, 0) is 24.3 Å². The second-order valence-corrected chi connectivity index (χ2v) is 5.76. The van der Waals surface area contributed by atoms with Crippen LogP contribution >= 0.6 is 0 Å². The fourth-order valence-electron chi connectivity index (χ4n) is 2.52. The first-order valence-electron chi connectivity index (χ1n) is 8.23. The summed E-state index contributed by atoms with van der Waals surface area (Å²) >= 11 is 0. The molecule has 134 valence electrons. The summed E-state index contributed by atoms with van der Waals surface area (Å²) in [5, 5.41) is 9.27. The van der Waals surface area contributed by atoms with Crippen LogP contribution in [0, 0.1) is 5.82 Å². The van der Waals surface area contributed by atoms with Gasteiger partial charge >= 0.3 is 0 Å². The summed E-state index contributed by atoms with van der Waals surface area (Å²) in [5.74, 6) is -0.893. The normalized spacial score (nSPS) is 15.7. The highest BCUT2D eigenvalue weighted by Crippen LogP contribution is 2.17. The summed E-state index contributed by atoms with van der Waals surface area (Å²) in [5.41, 5.74) is 1.68. The summed E-state index contributed by atoms with van der Waals surface area (Å²) in [6, 6.07) is 14.8. The van der Waals surface area contributed by atoms with Crippen molar-refractivity contribution >= 4 is 17.5 Å². The Hall–Kier alpha value is -3.22. The summed E-state index contributed by atoms with van der Waals surface area (Å²) in [6.45, 7) is 0.566. The van der Waals surface area contributed by atoms with Crippen molar-refractivity contribution in [2.75, 3.05) is 13.1 Å². The number of nitrogens with zero attached hydrogens (tertiary/aromatic N) is 1. The Labute approximate surface area is 150 Å². The second-order valence-electron chi connectivity index (χ2n) is 5.76. The van der Waals surface area contributed by atoms with E-state index in [1.54, 1.807) is 36.4 Å². The molecule has 1 unspecified atom stereocenters. The van der Waals surface area contributed by atoms with Gasteiger partial charge in [-0.3, -0.25) is 9.59 Å². The standard InChI is InChI=1S/C19H18FN3O3/c20-15-8-4-7-14(11-15)16-12-17(26-23-16)19(25)22-10-9-21-18(24)13-5-2-1-3-6-13/h1-8,11,17H,9-10,12H2,(H,21,24)(H,22,25). The quantitative estimate of drug-likeness (QED) is 0.777. The van der Waals surface area contributed by atoms with Crippen LogP contribution in [0.2, 0.25) is 0 Å². The molecule has 1 atom stereocenters. The minimum absolute atomic E-state index is 0.200. The van der Waals surface area contributed by atoms with Gasteiger partial charge in [0.1, 0.15) is 5.82 Å². The summed E-state index contributed by atoms with van der Waals surface area (Å²) in [7, 11) is 0. The van der Waals surface area contributed by atoms with Crippen LogP contribution in [0.3, 0.4) is 0 Å². The smallest absolute Gasteiger partial charge is 0.264 e. The van der Waals surface area contributed by atoms with Crippen LogP contribution in [-0.2, 0) is 9.63 Å². The third kappa shape index (κ3) is 4.44. The van der Waals surface area contributed by atoms with E-state index in [1.165, 1.54) is 12.1 Å². The molecule has 2 aromatic carbocycles. The molecule has 7 heteroatoms. The number of carbonyl (C=O) groups is 2. The van der Waals surface area contributed by atoms with Crippen LogP contribution in [0.1, 0.15) is 22.3 Å². The van der Waals surface area contributed by atoms with Crippen molar-refractivity contribution in [2.45, 2.75) is 12.5 Å². The second kappa shape index (κ2) is 8.24. The number of hydrogen-bond acceptors (Lipinski definition) is 4. The predicted octanol–water partition coefficient (Wildman–Crippen LogP) is 1.86. The van der Waals surface area contributed by atoms with Crippen molar-refractivity contribution in [3.05, 3.63) is 71.5 Å². The fraction of sp³-hybridized carbons (Fsp3) is 0.211. The summed E-state index contributed by atoms with van der Waals surface area (Å²) in [4.78, 5) is 29.1. The average Bonchev–Trinajstić information content (AvgIpc) is 3.16. The maximum Gasteiger partial charge on any atom is 0.264 e. The third-order valence-electron chi connectivity index (χ3n) is 3.86. The highest BCUT2D eigenvalue weighted by molar-refractivity contribution is 6.04. The SMILES string of the molecule is O=C(NCCNC(=O)C1CC(c2cccc(F)c2)=NO1)c1ccccc1. The van der Waals surface area contributed by atoms with Gasteiger partial charge in [0.2, 0.25) is 6.10 Å². The van der Waals surface area contributed by atoms with Gasteiger partial charge < -0.3 is 15.5 Å². The number of nitrogens with one attached hydrogen (secondary N) is 2. The number of benzene rings is 2. The average molecular weight is 355 g/mol. The van der Waals surface area contributed by atoms with E-state index in [0.717, 1.165) is 0 Å². The van der Waals surface area contributed by atoms with Gasteiger partial charge in [-0.1, -0.05) is 35.5 Å². The number of oxime groups is 1. The lowest BCUT2D eigenvalue weighted by Crippen LogP contribution is -2.39. The summed E-state index contributed by atoms with van der Waals surface area (Å²) in [6.07, 6.45) is -0.482. The van der Waals surface area contributed by atoms with Gasteiger partial charge in [0, 0.05) is 30.6 Å². The Bertz CT molecular complexity index is 824. The van der Waals surface area contributed by atoms with E-state index in [-0.39, 0.29) is 30.6 Å². The lowest BCUT2D eigenvalue weighted by Gasteiger charge is -2.10. The largest absolute Gasteiger partial charge is 0.382 e. The minimum atomic E-state index is -0.752. The highest BCUT2D eigenvalue weighted by Gasteiger charge is 2.28. The maximum atomic E-state index is 13.3. The molecule has 0 radical (unpaired) electrons. The number of carbonyl (C=O) groups excluding carboxylic acids is 2. The first-order chi connectivity index (χ1) is 12.6. The molecule has 2 N–H and O–H groups in total. The molecule has 3 rings (SSSR count). The van der Waals surface area contributed by atoms with Crippen molar-refractivity contribution in [3.63, 3.8) is 0 Å². The van der Waals surface area contributed by atoms with E-state index in [2.05, 4.69) is 15.8 Å². The van der Waals surface area contributed by atoms with Gasteiger partial charge in [-0.2, -0.15) is 0 Å². The maximum absolute atomic E-state index is 13.3. The fourth-order valence-corrected chi connectivity index (χ4v) is 2.52. The van der Waals surface area contributed by atoms with Crippen LogP contribution in [-0.4, -0.2) is 36.7 Å². The van der Waals surface area contributed by atoms with Crippen LogP contribution in [0.25, 0.3) is 0 Å². The molecule has 0 saturated carbocycles. The number of halogens is 1. The number of amides is 2. The zero-order valence-electron chi connectivity index (χ0n) is 13.9. The van der Waals surface area contributed by atoms with Crippen LogP contribution in [0.5, 0.6) is 0 Å². The van der Waals surface area contributed by atoms with Crippen LogP contribution in [0.15, 0.2) is 59.8 Å². The lowest BCUT2D eigenvalue weighted by atomic mass is 10.0. The van der Waals surface area contributed by atoms with Crippen molar-refractivity contribution < 1.29 is 18.8 Å². The van der Waals surface area contributed by atoms with Gasteiger partial charge in [0.15, 0.2) is 0 Å². The first-order valence-corrected chi connectivity index (χ1v) is 8.23. The van der Waals surface area contributed by atoms with Gasteiger partial charge in [-0.25, -0.2) is 4.39 Å². The Morgan fingerprint density at radius 1 is 1.08 bits per heavy atom. The topological polar surface area (TPSA) is 79.8 Å². The van der Waals surface area contributed by atoms with Crippen molar-refractivity contribution in [2.24, 2.45) is 5.16 Å². The monoisotopic (exact) mass is 355 g/mol. The van der Waals surface area contributed by atoms with Crippen LogP contribution in [0.4, 0.5) is 4.39 Å². The molecule has 26 heavy (non-hydrogen) atoms. The van der Waals surface area contributed by atoms with E-state index in [1.807, 2.05) is 6.07 Å². The molecule has 0 spiro atoms. The molecule has 0 aliphatic carbocycles. The zero-order chi connectivity index (χ0) is 18.4. The third-order valence-corrected chi connectivity index (χ3v) is 3.86. The lowest BCUT2D eigenvalue weighted by molar-refractivity contribution is -0.131. The first kappa shape index (κ1) is 17.6. The highest BCUT2D eigenvalue weighted by atomic mass is 19.1. The number of rotatable bonds is 6. The van der Waals surface area contributed by atoms with E-state index in [0.29, 0.717) is 23.4 Å². The van der Waals surface area contributed by atoms with E-state index in [9.17, 15) is 14.0 Å². The van der Waals surface area contributed by atoms with Gasteiger partial charge in [0.25, 0.3) is 11.8 Å². The Morgan fingerprint density at radius 2 is 1.85 bits per heavy atom. The minimum Gasteiger partial charge on any atom is -0.382 e. The van der Waals surface area contributed by atoms with Crippen molar-refractivity contribution in [3.8, 4) is 0 Å². The van der Waals surface area contributed by atoms with Crippen molar-refractivity contribution in [1.82, 2.24) is 10.6 Å². The molecule has 0 aromatic heterocycles. The van der Waals surface area contributed by atoms with Gasteiger partial charge in [-0.15, -0.1) is 0 Å². The van der Waals surface area contributed by atoms with E-state index < -0.39 is 6.10 Å². The van der Waals surface area contributed by atoms with Crippen LogP contribution < -0.4 is 10.6 Å². The molecule has 1 aliphatic rings. The molecule has 0 bridgehead atoms. The Morgan fingerprint density at radius 3 is 2.62 bits per heavy atom. The molecule has 1 aliphatic heterocycles. The van der Waals surface area contributed by atoms with E-state index >= 15 is 0 Å². The molecular formula is C19H18FN3O3. The molecule has 2 aromatic rings. The molecule has 1 heterocycles. The Kier molecular flexibility index (Phi) is 5.58. The molecule has 6 nitrogen and oxygen atoms in total. The number of hydrogen-bond donors (Lipinski definition) is 2. The zero-order valence-corrected chi connectivity index (χ0v) is 13.9. The summed E-state index contributed by atoms with van der Waals surface area (Å²) < 4.78 is 13.3.